The molecule has 0 spiro atoms. The van der Waals surface area contributed by atoms with Gasteiger partial charge in [0.25, 0.3) is 5.91 Å². The molecule has 0 radical (unpaired) electrons. The molecule has 1 aliphatic rings. The van der Waals surface area contributed by atoms with E-state index in [2.05, 4.69) is 0 Å². The van der Waals surface area contributed by atoms with Crippen molar-refractivity contribution in [2.24, 2.45) is 0 Å². The number of hydrogen-bond acceptors (Lipinski definition) is 2. The first kappa shape index (κ1) is 12.2. The molecule has 2 atom stereocenters. The molecule has 0 saturated heterocycles. The predicted molar refractivity (Wildman–Crippen MR) is 67.5 cm³/mol. The third-order valence-corrected chi connectivity index (χ3v) is 3.60. The normalized spacial score (nSPS) is 19.4. The zero-order valence-corrected chi connectivity index (χ0v) is 10.8. The third kappa shape index (κ3) is 2.39. The van der Waals surface area contributed by atoms with Gasteiger partial charge in [0.2, 0.25) is 0 Å². The first-order chi connectivity index (χ1) is 8.13. The number of amides is 1. The number of para-hydroxylation sites is 1. The molecule has 0 bridgehead atoms. The summed E-state index contributed by atoms with van der Waals surface area (Å²) in [4.78, 5) is 13.8. The van der Waals surface area contributed by atoms with Gasteiger partial charge < -0.3 is 9.64 Å². The molecule has 0 fully saturated rings. The molecule has 1 aromatic carbocycles. The van der Waals surface area contributed by atoms with Crippen LogP contribution in [0.5, 0.6) is 5.75 Å². The molecule has 0 saturated carbocycles. The lowest BCUT2D eigenvalue weighted by Gasteiger charge is -2.25. The van der Waals surface area contributed by atoms with Gasteiger partial charge in [-0.25, -0.2) is 0 Å². The van der Waals surface area contributed by atoms with Gasteiger partial charge in [0.15, 0.2) is 6.10 Å². The van der Waals surface area contributed by atoms with Crippen molar-refractivity contribution in [1.29, 1.82) is 0 Å². The van der Waals surface area contributed by atoms with Crippen LogP contribution >= 0.6 is 11.6 Å². The summed E-state index contributed by atoms with van der Waals surface area (Å²) in [6.45, 7) is 1.92. The number of likely N-dealkylation sites (N-methyl/N-ethyl adjacent to an activating group) is 1. The standard InChI is InChI=1S/C13H16ClNO2/c1-9(8-14)15(2)13(16)12-7-10-5-3-4-6-11(10)17-12/h3-6,9,12H,7-8H2,1-2H3. The van der Waals surface area contributed by atoms with Gasteiger partial charge in [-0.05, 0) is 18.6 Å². The molecule has 1 aliphatic heterocycles. The van der Waals surface area contributed by atoms with Gasteiger partial charge in [-0.15, -0.1) is 11.6 Å². The Morgan fingerprint density at radius 3 is 2.94 bits per heavy atom. The van der Waals surface area contributed by atoms with Crippen LogP contribution in [0.2, 0.25) is 0 Å². The second-order valence-corrected chi connectivity index (χ2v) is 4.68. The fourth-order valence-electron chi connectivity index (χ4n) is 1.87. The van der Waals surface area contributed by atoms with Gasteiger partial charge in [-0.2, -0.15) is 0 Å². The second-order valence-electron chi connectivity index (χ2n) is 4.37. The van der Waals surface area contributed by atoms with Crippen molar-refractivity contribution in [2.45, 2.75) is 25.5 Å². The molecule has 92 valence electrons. The lowest BCUT2D eigenvalue weighted by Crippen LogP contribution is -2.44. The highest BCUT2D eigenvalue weighted by atomic mass is 35.5. The van der Waals surface area contributed by atoms with Crippen LogP contribution in [-0.2, 0) is 11.2 Å². The summed E-state index contributed by atoms with van der Waals surface area (Å²) in [6.07, 6.45) is 0.247. The van der Waals surface area contributed by atoms with Gasteiger partial charge in [0, 0.05) is 25.4 Å². The van der Waals surface area contributed by atoms with E-state index in [0.29, 0.717) is 12.3 Å². The summed E-state index contributed by atoms with van der Waals surface area (Å²) >= 11 is 5.75. The number of rotatable bonds is 3. The van der Waals surface area contributed by atoms with E-state index in [1.165, 1.54) is 0 Å². The molecule has 1 aromatic rings. The quantitative estimate of drug-likeness (QED) is 0.772. The van der Waals surface area contributed by atoms with Crippen LogP contribution in [0.15, 0.2) is 24.3 Å². The summed E-state index contributed by atoms with van der Waals surface area (Å²) in [5, 5.41) is 0. The van der Waals surface area contributed by atoms with E-state index in [9.17, 15) is 4.79 Å². The summed E-state index contributed by atoms with van der Waals surface area (Å²) in [5.41, 5.74) is 1.10. The Hall–Kier alpha value is -1.22. The van der Waals surface area contributed by atoms with Gasteiger partial charge in [-0.3, -0.25) is 4.79 Å². The SMILES string of the molecule is CC(CCl)N(C)C(=O)C1Cc2ccccc2O1. The number of hydrogen-bond donors (Lipinski definition) is 0. The molecule has 3 nitrogen and oxygen atoms in total. The fourth-order valence-corrected chi connectivity index (χ4v) is 2.07. The molecule has 4 heteroatoms. The van der Waals surface area contributed by atoms with Crippen LogP contribution in [0.1, 0.15) is 12.5 Å². The van der Waals surface area contributed by atoms with E-state index >= 15 is 0 Å². The van der Waals surface area contributed by atoms with Gasteiger partial charge >= 0.3 is 0 Å². The van der Waals surface area contributed by atoms with E-state index in [1.807, 2.05) is 31.2 Å². The Bertz CT molecular complexity index is 397. The zero-order chi connectivity index (χ0) is 12.4. The average molecular weight is 254 g/mol. The van der Waals surface area contributed by atoms with Crippen LogP contribution in [0.25, 0.3) is 0 Å². The fraction of sp³-hybridized carbons (Fsp3) is 0.462. The number of fused-ring (bicyclic) bond motifs is 1. The third-order valence-electron chi connectivity index (χ3n) is 3.15. The molecular formula is C13H16ClNO2. The van der Waals surface area contributed by atoms with Crippen molar-refractivity contribution >= 4 is 17.5 Å². The van der Waals surface area contributed by atoms with E-state index in [-0.39, 0.29) is 11.9 Å². The lowest BCUT2D eigenvalue weighted by molar-refractivity contribution is -0.138. The van der Waals surface area contributed by atoms with Crippen molar-refractivity contribution in [3.63, 3.8) is 0 Å². The van der Waals surface area contributed by atoms with Crippen molar-refractivity contribution in [2.75, 3.05) is 12.9 Å². The highest BCUT2D eigenvalue weighted by Crippen LogP contribution is 2.28. The summed E-state index contributed by atoms with van der Waals surface area (Å²) < 4.78 is 5.65. The van der Waals surface area contributed by atoms with Crippen LogP contribution < -0.4 is 4.74 Å². The number of ether oxygens (including phenoxy) is 1. The second kappa shape index (κ2) is 4.96. The minimum atomic E-state index is -0.400. The maximum absolute atomic E-state index is 12.2. The number of carbonyl (C=O) groups is 1. The van der Waals surface area contributed by atoms with Crippen molar-refractivity contribution in [3.8, 4) is 5.75 Å². The van der Waals surface area contributed by atoms with E-state index in [1.54, 1.807) is 11.9 Å². The smallest absolute Gasteiger partial charge is 0.264 e. The molecule has 0 aromatic heterocycles. The Balaban J connectivity index is 2.05. The van der Waals surface area contributed by atoms with Crippen LogP contribution in [-0.4, -0.2) is 35.9 Å². The summed E-state index contributed by atoms with van der Waals surface area (Å²) in [6, 6.07) is 7.79. The van der Waals surface area contributed by atoms with Crippen LogP contribution in [0.3, 0.4) is 0 Å². The molecule has 0 N–H and O–H groups in total. The Kier molecular flexibility index (Phi) is 3.57. The topological polar surface area (TPSA) is 29.5 Å². The molecule has 17 heavy (non-hydrogen) atoms. The van der Waals surface area contributed by atoms with Gasteiger partial charge in [0.05, 0.1) is 0 Å². The largest absolute Gasteiger partial charge is 0.480 e. The Morgan fingerprint density at radius 2 is 2.29 bits per heavy atom. The van der Waals surface area contributed by atoms with E-state index in [0.717, 1.165) is 11.3 Å². The number of halogens is 1. The van der Waals surface area contributed by atoms with Crippen molar-refractivity contribution in [3.05, 3.63) is 29.8 Å². The van der Waals surface area contributed by atoms with Gasteiger partial charge in [0.1, 0.15) is 5.75 Å². The van der Waals surface area contributed by atoms with Crippen molar-refractivity contribution in [1.82, 2.24) is 4.90 Å². The van der Waals surface area contributed by atoms with E-state index < -0.39 is 6.10 Å². The van der Waals surface area contributed by atoms with Crippen LogP contribution in [0, 0.1) is 0 Å². The number of nitrogens with zero attached hydrogens (tertiary/aromatic N) is 1. The highest BCUT2D eigenvalue weighted by Gasteiger charge is 2.32. The summed E-state index contributed by atoms with van der Waals surface area (Å²) in [7, 11) is 1.77. The summed E-state index contributed by atoms with van der Waals surface area (Å²) in [5.74, 6) is 1.24. The zero-order valence-electron chi connectivity index (χ0n) is 10.0. The maximum atomic E-state index is 12.2. The van der Waals surface area contributed by atoms with E-state index in [4.69, 9.17) is 16.3 Å². The maximum Gasteiger partial charge on any atom is 0.264 e. The molecule has 0 aliphatic carbocycles. The Labute approximate surface area is 106 Å². The number of alkyl halides is 1. The number of carbonyl (C=O) groups excluding carboxylic acids is 1. The average Bonchev–Trinajstić information content (AvgIpc) is 2.79. The molecular weight excluding hydrogens is 238 g/mol. The minimum absolute atomic E-state index is 0.00523. The number of benzene rings is 1. The minimum Gasteiger partial charge on any atom is -0.480 e. The Morgan fingerprint density at radius 1 is 1.59 bits per heavy atom. The molecule has 2 unspecified atom stereocenters. The lowest BCUT2D eigenvalue weighted by atomic mass is 10.1. The molecule has 1 heterocycles. The van der Waals surface area contributed by atoms with Crippen LogP contribution in [0.4, 0.5) is 0 Å². The molecule has 1 amide bonds. The first-order valence-electron chi connectivity index (χ1n) is 5.70. The monoisotopic (exact) mass is 253 g/mol. The highest BCUT2D eigenvalue weighted by molar-refractivity contribution is 6.18. The van der Waals surface area contributed by atoms with Crippen molar-refractivity contribution < 1.29 is 9.53 Å². The molecule has 2 rings (SSSR count). The first-order valence-corrected chi connectivity index (χ1v) is 6.24. The predicted octanol–water partition coefficient (Wildman–Crippen LogP) is 2.08. The van der Waals surface area contributed by atoms with Gasteiger partial charge in [-0.1, -0.05) is 18.2 Å².